The van der Waals surface area contributed by atoms with Gasteiger partial charge in [0, 0.05) is 11.6 Å². The topological polar surface area (TPSA) is 66.8 Å². The Hall–Kier alpha value is -3.08. The molecule has 4 rings (SSSR count). The molecule has 1 N–H and O–H groups in total. The normalized spacial score (nSPS) is 20.8. The van der Waals surface area contributed by atoms with Gasteiger partial charge in [0.15, 0.2) is 0 Å². The second-order valence-electron chi connectivity index (χ2n) is 8.83. The molecule has 1 saturated heterocycles. The van der Waals surface area contributed by atoms with Gasteiger partial charge in [-0.2, -0.15) is 0 Å². The minimum Gasteiger partial charge on any atom is -0.507 e. The summed E-state index contributed by atoms with van der Waals surface area (Å²) >= 11 is 0. The van der Waals surface area contributed by atoms with Crippen LogP contribution < -0.4 is 4.74 Å². The van der Waals surface area contributed by atoms with E-state index >= 15 is 0 Å². The molecule has 1 amide bonds. The van der Waals surface area contributed by atoms with E-state index in [0.29, 0.717) is 12.2 Å². The van der Waals surface area contributed by atoms with Crippen molar-refractivity contribution in [3.63, 3.8) is 0 Å². The second kappa shape index (κ2) is 9.19. The molecule has 0 spiro atoms. The number of carbonyl (C=O) groups excluding carboxylic acids is 2. The molecule has 1 unspecified atom stereocenters. The van der Waals surface area contributed by atoms with Gasteiger partial charge in [-0.3, -0.25) is 9.59 Å². The van der Waals surface area contributed by atoms with Crippen LogP contribution >= 0.6 is 0 Å². The van der Waals surface area contributed by atoms with Gasteiger partial charge in [0.1, 0.15) is 11.5 Å². The number of rotatable bonds is 6. The molecule has 1 aliphatic carbocycles. The van der Waals surface area contributed by atoms with Crippen molar-refractivity contribution in [3.05, 3.63) is 70.3 Å². The van der Waals surface area contributed by atoms with Crippen LogP contribution in [0, 0.1) is 13.8 Å². The van der Waals surface area contributed by atoms with Crippen LogP contribution in [0.1, 0.15) is 67.3 Å². The number of hydrogen-bond acceptors (Lipinski definition) is 4. The molecule has 168 valence electrons. The van der Waals surface area contributed by atoms with Crippen molar-refractivity contribution in [1.82, 2.24) is 4.90 Å². The predicted molar refractivity (Wildman–Crippen MR) is 125 cm³/mol. The number of aliphatic hydroxyl groups is 1. The van der Waals surface area contributed by atoms with Crippen molar-refractivity contribution in [2.45, 2.75) is 65.0 Å². The number of aryl methyl sites for hydroxylation is 2. The van der Waals surface area contributed by atoms with E-state index in [1.807, 2.05) is 57.2 Å². The zero-order chi connectivity index (χ0) is 22.8. The molecule has 2 aromatic rings. The fourth-order valence-electron chi connectivity index (χ4n) is 4.93. The highest BCUT2D eigenvalue weighted by Gasteiger charge is 2.49. The third-order valence-electron chi connectivity index (χ3n) is 6.59. The number of nitrogens with zero attached hydrogens (tertiary/aromatic N) is 1. The summed E-state index contributed by atoms with van der Waals surface area (Å²) in [5.41, 5.74) is 3.46. The lowest BCUT2D eigenvalue weighted by Gasteiger charge is -2.31. The smallest absolute Gasteiger partial charge is 0.295 e. The van der Waals surface area contributed by atoms with E-state index in [1.54, 1.807) is 11.0 Å². The quantitative estimate of drug-likeness (QED) is 0.373. The average Bonchev–Trinajstić information content (AvgIpc) is 3.40. The molecule has 2 aromatic carbocycles. The van der Waals surface area contributed by atoms with Crippen molar-refractivity contribution >= 4 is 17.4 Å². The van der Waals surface area contributed by atoms with Crippen molar-refractivity contribution in [2.75, 3.05) is 6.61 Å². The Balaban J connectivity index is 1.83. The summed E-state index contributed by atoms with van der Waals surface area (Å²) in [5.74, 6) is -0.481. The summed E-state index contributed by atoms with van der Waals surface area (Å²) in [6, 6.07) is 12.6. The summed E-state index contributed by atoms with van der Waals surface area (Å²) < 4.78 is 5.75. The molecular weight excluding hydrogens is 402 g/mol. The van der Waals surface area contributed by atoms with Gasteiger partial charge >= 0.3 is 0 Å². The maximum atomic E-state index is 13.2. The summed E-state index contributed by atoms with van der Waals surface area (Å²) in [6.07, 6.45) is 4.78. The molecule has 0 radical (unpaired) electrons. The Morgan fingerprint density at radius 1 is 1.06 bits per heavy atom. The molecule has 0 bridgehead atoms. The van der Waals surface area contributed by atoms with Crippen LogP contribution in [0.5, 0.6) is 5.75 Å². The van der Waals surface area contributed by atoms with E-state index in [2.05, 4.69) is 0 Å². The lowest BCUT2D eigenvalue weighted by Crippen LogP contribution is -2.37. The molecule has 1 aliphatic heterocycles. The maximum Gasteiger partial charge on any atom is 0.295 e. The SMILES string of the molecule is CCCOc1ccc(/C(O)=C2\C(=O)C(=O)N(C3CCCC3)C2c2ccccc2C)cc1C. The third kappa shape index (κ3) is 3.92. The summed E-state index contributed by atoms with van der Waals surface area (Å²) in [4.78, 5) is 28.2. The van der Waals surface area contributed by atoms with Gasteiger partial charge in [0.25, 0.3) is 11.7 Å². The minimum atomic E-state index is -0.605. The Morgan fingerprint density at radius 2 is 1.78 bits per heavy atom. The zero-order valence-electron chi connectivity index (χ0n) is 19.1. The Kier molecular flexibility index (Phi) is 6.35. The number of Topliss-reactive ketones (excluding diaryl/α,β-unsaturated/α-hetero) is 1. The number of amides is 1. The van der Waals surface area contributed by atoms with Crippen LogP contribution in [0.3, 0.4) is 0 Å². The van der Waals surface area contributed by atoms with Gasteiger partial charge in [0.2, 0.25) is 0 Å². The van der Waals surface area contributed by atoms with Gasteiger partial charge in [-0.15, -0.1) is 0 Å². The molecule has 5 nitrogen and oxygen atoms in total. The number of benzene rings is 2. The second-order valence-corrected chi connectivity index (χ2v) is 8.83. The fourth-order valence-corrected chi connectivity index (χ4v) is 4.93. The van der Waals surface area contributed by atoms with E-state index < -0.39 is 17.7 Å². The van der Waals surface area contributed by atoms with Crippen LogP contribution in [0.15, 0.2) is 48.0 Å². The van der Waals surface area contributed by atoms with Gasteiger partial charge < -0.3 is 14.7 Å². The lowest BCUT2D eigenvalue weighted by atomic mass is 9.91. The number of likely N-dealkylation sites (tertiary alicyclic amines) is 1. The lowest BCUT2D eigenvalue weighted by molar-refractivity contribution is -0.141. The van der Waals surface area contributed by atoms with Crippen LogP contribution in [-0.2, 0) is 9.59 Å². The highest BCUT2D eigenvalue weighted by Crippen LogP contribution is 2.44. The van der Waals surface area contributed by atoms with Gasteiger partial charge in [-0.25, -0.2) is 0 Å². The van der Waals surface area contributed by atoms with Gasteiger partial charge in [-0.05, 0) is 68.0 Å². The standard InChI is InChI=1S/C27H31NO4/c1-4-15-32-22-14-13-19(16-18(22)3)25(29)23-24(21-12-8-5-9-17(21)2)28(27(31)26(23)30)20-10-6-7-11-20/h5,8-9,12-14,16,20,24,29H,4,6-7,10-11,15H2,1-3H3/b25-23+. The number of carbonyl (C=O) groups is 2. The van der Waals surface area contributed by atoms with Gasteiger partial charge in [-0.1, -0.05) is 44.0 Å². The highest BCUT2D eigenvalue weighted by atomic mass is 16.5. The van der Waals surface area contributed by atoms with Crippen molar-refractivity contribution in [3.8, 4) is 5.75 Å². The van der Waals surface area contributed by atoms with E-state index in [9.17, 15) is 14.7 Å². The summed E-state index contributed by atoms with van der Waals surface area (Å²) in [5, 5.41) is 11.3. The Morgan fingerprint density at radius 3 is 2.44 bits per heavy atom. The van der Waals surface area contributed by atoms with E-state index in [4.69, 9.17) is 4.74 Å². The van der Waals surface area contributed by atoms with Crippen LogP contribution in [0.2, 0.25) is 0 Å². The molecule has 1 atom stereocenters. The first kappa shape index (κ1) is 22.1. The largest absolute Gasteiger partial charge is 0.507 e. The van der Waals surface area contributed by atoms with Crippen LogP contribution in [0.25, 0.3) is 5.76 Å². The monoisotopic (exact) mass is 433 g/mol. The molecule has 2 aliphatic rings. The summed E-state index contributed by atoms with van der Waals surface area (Å²) in [7, 11) is 0. The first-order valence-corrected chi connectivity index (χ1v) is 11.5. The Bertz CT molecular complexity index is 1070. The molecule has 32 heavy (non-hydrogen) atoms. The number of ketones is 1. The van der Waals surface area contributed by atoms with E-state index in [0.717, 1.165) is 54.5 Å². The average molecular weight is 434 g/mol. The number of ether oxygens (including phenoxy) is 1. The fraction of sp³-hybridized carbons (Fsp3) is 0.407. The van der Waals surface area contributed by atoms with Crippen molar-refractivity contribution < 1.29 is 19.4 Å². The number of aliphatic hydroxyl groups excluding tert-OH is 1. The highest BCUT2D eigenvalue weighted by molar-refractivity contribution is 6.46. The molecular formula is C27H31NO4. The molecule has 2 fully saturated rings. The van der Waals surface area contributed by atoms with E-state index in [1.165, 1.54) is 0 Å². The molecule has 0 aromatic heterocycles. The minimum absolute atomic E-state index is 0.0212. The maximum absolute atomic E-state index is 13.2. The predicted octanol–water partition coefficient (Wildman–Crippen LogP) is 5.46. The molecule has 1 saturated carbocycles. The molecule has 1 heterocycles. The first-order chi connectivity index (χ1) is 15.4. The van der Waals surface area contributed by atoms with Gasteiger partial charge in [0.05, 0.1) is 18.2 Å². The third-order valence-corrected chi connectivity index (χ3v) is 6.59. The van der Waals surface area contributed by atoms with Crippen LogP contribution in [0.4, 0.5) is 0 Å². The summed E-state index contributed by atoms with van der Waals surface area (Å²) in [6.45, 7) is 6.56. The van der Waals surface area contributed by atoms with Crippen LogP contribution in [-0.4, -0.2) is 34.3 Å². The zero-order valence-corrected chi connectivity index (χ0v) is 19.1. The number of hydrogen-bond donors (Lipinski definition) is 1. The first-order valence-electron chi connectivity index (χ1n) is 11.5. The van der Waals surface area contributed by atoms with Crippen molar-refractivity contribution in [2.24, 2.45) is 0 Å². The Labute approximate surface area is 189 Å². The molecule has 5 heteroatoms. The van der Waals surface area contributed by atoms with E-state index in [-0.39, 0.29) is 17.4 Å². The van der Waals surface area contributed by atoms with Crippen molar-refractivity contribution in [1.29, 1.82) is 0 Å².